The second kappa shape index (κ2) is 4.65. The molecule has 1 aromatic carbocycles. The number of benzene rings is 1. The highest BCUT2D eigenvalue weighted by atomic mass is 16.6. The number of rotatable bonds is 3. The Morgan fingerprint density at radius 2 is 1.81 bits per heavy atom. The number of para-hydroxylation sites is 1. The topological polar surface area (TPSA) is 81.4 Å². The number of carbonyl (C=O) groups is 2. The van der Waals surface area contributed by atoms with Crippen LogP contribution in [0.25, 0.3) is 0 Å². The average molecular weight is 222 g/mol. The molecular formula is C11H14N2O3. The van der Waals surface area contributed by atoms with E-state index in [0.29, 0.717) is 5.75 Å². The first-order valence-corrected chi connectivity index (χ1v) is 4.77. The highest BCUT2D eigenvalue weighted by molar-refractivity contribution is 5.88. The molecule has 0 bridgehead atoms. The van der Waals surface area contributed by atoms with Crippen LogP contribution in [0.5, 0.6) is 5.75 Å². The van der Waals surface area contributed by atoms with Gasteiger partial charge < -0.3 is 15.8 Å². The smallest absolute Gasteiger partial charge is 0.410 e. The van der Waals surface area contributed by atoms with Crippen molar-refractivity contribution in [2.75, 3.05) is 0 Å². The number of hydrogen-bond donors (Lipinski definition) is 2. The zero-order valence-electron chi connectivity index (χ0n) is 9.19. The fourth-order valence-corrected chi connectivity index (χ4v) is 0.938. The van der Waals surface area contributed by atoms with Crippen LogP contribution >= 0.6 is 0 Å². The summed E-state index contributed by atoms with van der Waals surface area (Å²) in [5, 5.41) is 2.37. The standard InChI is InChI=1S/C11H14N2O3/c1-11(2,9(12)14)13-10(15)16-8-6-4-3-5-7-8/h3-7H,1-2H3,(H2,12,14)(H,13,15). The van der Waals surface area contributed by atoms with Gasteiger partial charge in [0.25, 0.3) is 0 Å². The molecule has 5 heteroatoms. The molecule has 0 saturated heterocycles. The SMILES string of the molecule is CC(C)(NC(=O)Oc1ccccc1)C(N)=O. The predicted octanol–water partition coefficient (Wildman–Crippen LogP) is 1.04. The van der Waals surface area contributed by atoms with Gasteiger partial charge >= 0.3 is 6.09 Å². The van der Waals surface area contributed by atoms with Gasteiger partial charge in [0.15, 0.2) is 0 Å². The molecular weight excluding hydrogens is 208 g/mol. The molecule has 1 aromatic rings. The molecule has 86 valence electrons. The first kappa shape index (κ1) is 12.0. The first-order valence-electron chi connectivity index (χ1n) is 4.77. The second-order valence-corrected chi connectivity index (χ2v) is 3.82. The number of ether oxygens (including phenoxy) is 1. The molecule has 2 amide bonds. The number of hydrogen-bond acceptors (Lipinski definition) is 3. The van der Waals surface area contributed by atoms with Gasteiger partial charge in [-0.2, -0.15) is 0 Å². The molecule has 1 rings (SSSR count). The zero-order chi connectivity index (χ0) is 12.2. The van der Waals surface area contributed by atoms with Crippen LogP contribution in [0.15, 0.2) is 30.3 Å². The van der Waals surface area contributed by atoms with Crippen molar-refractivity contribution in [2.24, 2.45) is 5.73 Å². The minimum atomic E-state index is -1.13. The quantitative estimate of drug-likeness (QED) is 0.801. The molecule has 16 heavy (non-hydrogen) atoms. The maximum atomic E-state index is 11.4. The van der Waals surface area contributed by atoms with E-state index in [0.717, 1.165) is 0 Å². The van der Waals surface area contributed by atoms with E-state index in [-0.39, 0.29) is 0 Å². The summed E-state index contributed by atoms with van der Waals surface area (Å²) in [6.07, 6.45) is -0.713. The van der Waals surface area contributed by atoms with E-state index in [1.807, 2.05) is 0 Å². The maximum Gasteiger partial charge on any atom is 0.413 e. The van der Waals surface area contributed by atoms with Gasteiger partial charge in [0.1, 0.15) is 11.3 Å². The Bertz CT molecular complexity index is 387. The lowest BCUT2D eigenvalue weighted by Crippen LogP contribution is -2.53. The Hall–Kier alpha value is -2.04. The molecule has 0 spiro atoms. The van der Waals surface area contributed by atoms with Crippen molar-refractivity contribution >= 4 is 12.0 Å². The molecule has 0 aliphatic carbocycles. The normalized spacial score (nSPS) is 10.6. The van der Waals surface area contributed by atoms with Crippen molar-refractivity contribution in [3.05, 3.63) is 30.3 Å². The Kier molecular flexibility index (Phi) is 3.50. The van der Waals surface area contributed by atoms with Crippen molar-refractivity contribution < 1.29 is 14.3 Å². The zero-order valence-corrected chi connectivity index (χ0v) is 9.19. The summed E-state index contributed by atoms with van der Waals surface area (Å²) < 4.78 is 4.94. The lowest BCUT2D eigenvalue weighted by atomic mass is 10.1. The number of nitrogens with two attached hydrogens (primary N) is 1. The molecule has 0 heterocycles. The van der Waals surface area contributed by atoms with E-state index in [9.17, 15) is 9.59 Å². The van der Waals surface area contributed by atoms with Crippen LogP contribution in [0.1, 0.15) is 13.8 Å². The van der Waals surface area contributed by atoms with E-state index in [1.54, 1.807) is 30.3 Å². The van der Waals surface area contributed by atoms with Crippen LogP contribution in [-0.2, 0) is 4.79 Å². The summed E-state index contributed by atoms with van der Waals surface area (Å²) in [4.78, 5) is 22.4. The molecule has 0 fully saturated rings. The molecule has 0 radical (unpaired) electrons. The van der Waals surface area contributed by atoms with Gasteiger partial charge in [-0.15, -0.1) is 0 Å². The fraction of sp³-hybridized carbons (Fsp3) is 0.273. The average Bonchev–Trinajstić information content (AvgIpc) is 2.17. The maximum absolute atomic E-state index is 11.4. The molecule has 3 N–H and O–H groups in total. The van der Waals surface area contributed by atoms with Gasteiger partial charge in [-0.1, -0.05) is 18.2 Å². The highest BCUT2D eigenvalue weighted by Gasteiger charge is 2.27. The molecule has 0 aliphatic heterocycles. The van der Waals surface area contributed by atoms with Gasteiger partial charge in [0, 0.05) is 0 Å². The molecule has 0 aromatic heterocycles. The lowest BCUT2D eigenvalue weighted by Gasteiger charge is -2.21. The van der Waals surface area contributed by atoms with E-state index in [2.05, 4.69) is 5.32 Å². The molecule has 0 aliphatic rings. The first-order chi connectivity index (χ1) is 7.42. The fourth-order valence-electron chi connectivity index (χ4n) is 0.938. The number of amides is 2. The minimum Gasteiger partial charge on any atom is -0.410 e. The Balaban J connectivity index is 2.58. The summed E-state index contributed by atoms with van der Waals surface area (Å²) >= 11 is 0. The summed E-state index contributed by atoms with van der Waals surface area (Å²) in [6, 6.07) is 8.55. The van der Waals surface area contributed by atoms with Crippen LogP contribution in [0.2, 0.25) is 0 Å². The minimum absolute atomic E-state index is 0.403. The van der Waals surface area contributed by atoms with Gasteiger partial charge in [-0.3, -0.25) is 4.79 Å². The molecule has 0 atom stereocenters. The van der Waals surface area contributed by atoms with Gasteiger partial charge in [-0.05, 0) is 26.0 Å². The van der Waals surface area contributed by atoms with Crippen molar-refractivity contribution in [1.82, 2.24) is 5.32 Å². The van der Waals surface area contributed by atoms with Crippen LogP contribution in [0.4, 0.5) is 4.79 Å². The molecule has 0 unspecified atom stereocenters. The lowest BCUT2D eigenvalue weighted by molar-refractivity contribution is -0.122. The number of primary amides is 1. The number of nitrogens with one attached hydrogen (secondary N) is 1. The highest BCUT2D eigenvalue weighted by Crippen LogP contribution is 2.09. The number of carbonyl (C=O) groups excluding carboxylic acids is 2. The van der Waals surface area contributed by atoms with Gasteiger partial charge in [-0.25, -0.2) is 4.79 Å². The third kappa shape index (κ3) is 3.27. The third-order valence-electron chi connectivity index (χ3n) is 1.98. The van der Waals surface area contributed by atoms with Crippen molar-refractivity contribution in [2.45, 2.75) is 19.4 Å². The van der Waals surface area contributed by atoms with Crippen molar-refractivity contribution in [3.63, 3.8) is 0 Å². The van der Waals surface area contributed by atoms with E-state index < -0.39 is 17.5 Å². The summed E-state index contributed by atoms with van der Waals surface area (Å²) in [6.45, 7) is 3.00. The summed E-state index contributed by atoms with van der Waals surface area (Å²) in [5.74, 6) is -0.224. The Morgan fingerprint density at radius 3 is 2.31 bits per heavy atom. The van der Waals surface area contributed by atoms with Crippen LogP contribution in [0.3, 0.4) is 0 Å². The van der Waals surface area contributed by atoms with Crippen molar-refractivity contribution in [3.8, 4) is 5.75 Å². The monoisotopic (exact) mass is 222 g/mol. The van der Waals surface area contributed by atoms with Crippen LogP contribution in [-0.4, -0.2) is 17.5 Å². The molecule has 0 saturated carbocycles. The van der Waals surface area contributed by atoms with Crippen molar-refractivity contribution in [1.29, 1.82) is 0 Å². The third-order valence-corrected chi connectivity index (χ3v) is 1.98. The van der Waals surface area contributed by atoms with E-state index >= 15 is 0 Å². The van der Waals surface area contributed by atoms with Gasteiger partial charge in [0.05, 0.1) is 0 Å². The largest absolute Gasteiger partial charge is 0.413 e. The van der Waals surface area contributed by atoms with Crippen LogP contribution in [0, 0.1) is 0 Å². The van der Waals surface area contributed by atoms with E-state index in [1.165, 1.54) is 13.8 Å². The molecule has 5 nitrogen and oxygen atoms in total. The van der Waals surface area contributed by atoms with E-state index in [4.69, 9.17) is 10.5 Å². The predicted molar refractivity (Wildman–Crippen MR) is 58.9 cm³/mol. The Labute approximate surface area is 93.6 Å². The van der Waals surface area contributed by atoms with Crippen LogP contribution < -0.4 is 15.8 Å². The summed E-state index contributed by atoms with van der Waals surface area (Å²) in [7, 11) is 0. The summed E-state index contributed by atoms with van der Waals surface area (Å²) in [5.41, 5.74) is 3.97. The van der Waals surface area contributed by atoms with Gasteiger partial charge in [0.2, 0.25) is 5.91 Å². The second-order valence-electron chi connectivity index (χ2n) is 3.82. The Morgan fingerprint density at radius 1 is 1.25 bits per heavy atom.